The first-order chi connectivity index (χ1) is 17.8. The molecule has 3 unspecified atom stereocenters. The number of hydrogen-bond acceptors (Lipinski definition) is 7. The maximum Gasteiger partial charge on any atom is 0.255 e. The third-order valence-electron chi connectivity index (χ3n) is 7.15. The Bertz CT molecular complexity index is 1330. The van der Waals surface area contributed by atoms with Crippen LogP contribution in [0.4, 0.5) is 0 Å². The smallest absolute Gasteiger partial charge is 0.255 e. The molecule has 2 aliphatic rings. The van der Waals surface area contributed by atoms with Gasteiger partial charge in [-0.05, 0) is 56.7 Å². The van der Waals surface area contributed by atoms with Crippen LogP contribution in [0.15, 0.2) is 24.5 Å². The van der Waals surface area contributed by atoms with Gasteiger partial charge in [-0.3, -0.25) is 9.59 Å². The number of hydrogen-bond donors (Lipinski definition) is 4. The molecule has 37 heavy (non-hydrogen) atoms. The van der Waals surface area contributed by atoms with Gasteiger partial charge < -0.3 is 30.2 Å². The normalized spacial score (nSPS) is 20.3. The summed E-state index contributed by atoms with van der Waals surface area (Å²) < 4.78 is 6.16. The number of H-pyrrole nitrogens is 1. The van der Waals surface area contributed by atoms with E-state index in [1.165, 1.54) is 31.0 Å². The summed E-state index contributed by atoms with van der Waals surface area (Å²) in [6.07, 6.45) is 2.57. The minimum atomic E-state index is -1.17. The average Bonchev–Trinajstić information content (AvgIpc) is 3.55. The number of carbonyl (C=O) groups excluding carboxylic acids is 2. The number of likely N-dealkylation sites (tertiary alicyclic amines) is 1. The van der Waals surface area contributed by atoms with E-state index in [4.69, 9.17) is 4.74 Å². The predicted molar refractivity (Wildman–Crippen MR) is 137 cm³/mol. The van der Waals surface area contributed by atoms with Gasteiger partial charge in [0.05, 0.1) is 29.8 Å². The van der Waals surface area contributed by atoms with Crippen molar-refractivity contribution < 1.29 is 24.5 Å². The number of aliphatic hydroxyl groups is 2. The fraction of sp³-hybridized carbons (Fsp3) is 0.481. The number of nitrogens with one attached hydrogen (secondary N) is 2. The molecule has 0 radical (unpaired) electrons. The van der Waals surface area contributed by atoms with Crippen LogP contribution in [0.2, 0.25) is 0 Å². The first-order valence-electron chi connectivity index (χ1n) is 12.8. The summed E-state index contributed by atoms with van der Waals surface area (Å²) in [6.45, 7) is 6.10. The number of nitrogens with zero attached hydrogens (tertiary/aromatic N) is 3. The molecule has 3 aromatic rings. The first-order valence-corrected chi connectivity index (χ1v) is 12.8. The Morgan fingerprint density at radius 1 is 1.27 bits per heavy atom. The van der Waals surface area contributed by atoms with Crippen LogP contribution in [-0.4, -0.2) is 79.8 Å². The lowest BCUT2D eigenvalue weighted by Gasteiger charge is -2.18. The van der Waals surface area contributed by atoms with E-state index in [0.29, 0.717) is 40.5 Å². The number of fused-ring (bicyclic) bond motifs is 1. The van der Waals surface area contributed by atoms with Crippen LogP contribution in [0.1, 0.15) is 48.3 Å². The summed E-state index contributed by atoms with van der Waals surface area (Å²) in [5.41, 5.74) is 4.73. The van der Waals surface area contributed by atoms with Gasteiger partial charge in [0.15, 0.2) is 0 Å². The zero-order valence-electron chi connectivity index (χ0n) is 21.3. The van der Waals surface area contributed by atoms with E-state index in [0.717, 1.165) is 23.3 Å². The highest BCUT2D eigenvalue weighted by atomic mass is 16.5. The van der Waals surface area contributed by atoms with Crippen molar-refractivity contribution in [2.45, 2.75) is 58.3 Å². The summed E-state index contributed by atoms with van der Waals surface area (Å²) in [5.74, 6) is 0.464. The van der Waals surface area contributed by atoms with Gasteiger partial charge in [0.2, 0.25) is 0 Å². The Morgan fingerprint density at radius 2 is 2.05 bits per heavy atom. The molecule has 196 valence electrons. The number of rotatable bonds is 8. The lowest BCUT2D eigenvalue weighted by molar-refractivity contribution is -0.138. The van der Waals surface area contributed by atoms with Crippen LogP contribution in [0.5, 0.6) is 5.75 Å². The molecular weight excluding hydrogens is 474 g/mol. The second-order valence-electron chi connectivity index (χ2n) is 10.1. The highest BCUT2D eigenvalue weighted by molar-refractivity contribution is 6.09. The van der Waals surface area contributed by atoms with Crippen LogP contribution in [0.25, 0.3) is 22.3 Å². The van der Waals surface area contributed by atoms with Crippen LogP contribution in [0, 0.1) is 12.8 Å². The first kappa shape index (κ1) is 25.2. The molecule has 1 aromatic carbocycles. The Balaban J connectivity index is 1.45. The largest absolute Gasteiger partial charge is 0.493 e. The molecule has 1 aliphatic heterocycles. The lowest BCUT2D eigenvalue weighted by Crippen LogP contribution is -2.43. The average molecular weight is 508 g/mol. The molecule has 2 aromatic heterocycles. The van der Waals surface area contributed by atoms with E-state index in [1.807, 2.05) is 6.07 Å². The third-order valence-corrected chi connectivity index (χ3v) is 7.15. The van der Waals surface area contributed by atoms with Crippen LogP contribution in [0.3, 0.4) is 0 Å². The highest BCUT2D eigenvalue weighted by Gasteiger charge is 2.37. The summed E-state index contributed by atoms with van der Waals surface area (Å²) in [5, 5.41) is 22.9. The fourth-order valence-corrected chi connectivity index (χ4v) is 4.82. The van der Waals surface area contributed by atoms with Gasteiger partial charge in [-0.25, -0.2) is 9.97 Å². The van der Waals surface area contributed by atoms with Gasteiger partial charge in [0.1, 0.15) is 29.4 Å². The summed E-state index contributed by atoms with van der Waals surface area (Å²) in [7, 11) is 0. The molecule has 2 fully saturated rings. The van der Waals surface area contributed by atoms with Gasteiger partial charge in [0.25, 0.3) is 11.8 Å². The van der Waals surface area contributed by atoms with Gasteiger partial charge >= 0.3 is 0 Å². The Hall–Kier alpha value is -3.50. The molecule has 0 bridgehead atoms. The lowest BCUT2D eigenvalue weighted by atomic mass is 10.0. The molecule has 3 heterocycles. The van der Waals surface area contributed by atoms with Crippen molar-refractivity contribution in [1.29, 1.82) is 0 Å². The molecule has 1 saturated heterocycles. The number of aromatic amines is 1. The number of amides is 2. The second-order valence-corrected chi connectivity index (χ2v) is 10.1. The quantitative estimate of drug-likeness (QED) is 0.365. The van der Waals surface area contributed by atoms with Gasteiger partial charge in [0, 0.05) is 24.3 Å². The maximum absolute atomic E-state index is 13.4. The minimum Gasteiger partial charge on any atom is -0.493 e. The van der Waals surface area contributed by atoms with E-state index in [9.17, 15) is 19.8 Å². The van der Waals surface area contributed by atoms with Crippen molar-refractivity contribution >= 4 is 22.8 Å². The molecule has 3 atom stereocenters. The molecule has 1 aliphatic carbocycles. The monoisotopic (exact) mass is 507 g/mol. The maximum atomic E-state index is 13.4. The van der Waals surface area contributed by atoms with Crippen LogP contribution < -0.4 is 10.1 Å². The predicted octanol–water partition coefficient (Wildman–Crippen LogP) is 1.97. The summed E-state index contributed by atoms with van der Waals surface area (Å²) in [4.78, 5) is 39.1. The van der Waals surface area contributed by atoms with Gasteiger partial charge in [-0.2, -0.15) is 0 Å². The molecule has 0 spiro atoms. The molecule has 2 amide bonds. The van der Waals surface area contributed by atoms with Crippen molar-refractivity contribution in [1.82, 2.24) is 25.2 Å². The molecule has 10 nitrogen and oxygen atoms in total. The number of aryl methyl sites for hydroxylation is 2. The number of benzene rings is 1. The molecule has 4 N–H and O–H groups in total. The van der Waals surface area contributed by atoms with Crippen LogP contribution in [-0.2, 0) is 11.2 Å². The Morgan fingerprint density at radius 3 is 2.76 bits per heavy atom. The topological polar surface area (TPSA) is 141 Å². The highest BCUT2D eigenvalue weighted by Crippen LogP contribution is 2.37. The van der Waals surface area contributed by atoms with E-state index in [2.05, 4.69) is 39.3 Å². The Labute approximate surface area is 215 Å². The molecular formula is C27H33N5O5. The van der Waals surface area contributed by atoms with E-state index >= 15 is 0 Å². The van der Waals surface area contributed by atoms with E-state index in [-0.39, 0.29) is 13.1 Å². The number of aliphatic hydroxyl groups excluding tert-OH is 2. The summed E-state index contributed by atoms with van der Waals surface area (Å²) >= 11 is 0. The van der Waals surface area contributed by atoms with Gasteiger partial charge in [-0.15, -0.1) is 0 Å². The SMILES string of the molecule is CCc1ccc(OCC2CC2)c(-c2ncnc3c(C(=O)NC4CN(C(=O)C(C)O)CC4O)c(C)[nH]c23)c1. The number of aromatic nitrogens is 3. The molecule has 5 rings (SSSR count). The number of carbonyl (C=O) groups is 2. The zero-order valence-corrected chi connectivity index (χ0v) is 21.3. The minimum absolute atomic E-state index is 0.0469. The van der Waals surface area contributed by atoms with Crippen molar-refractivity contribution in [3.63, 3.8) is 0 Å². The zero-order chi connectivity index (χ0) is 26.3. The van der Waals surface area contributed by atoms with Crippen molar-refractivity contribution in [3.8, 4) is 17.0 Å². The fourth-order valence-electron chi connectivity index (χ4n) is 4.82. The summed E-state index contributed by atoms with van der Waals surface area (Å²) in [6, 6.07) is 5.45. The number of β-amino-alcohol motifs (C(OH)–C–C–N with tert-alkyl or cyclic N) is 1. The second kappa shape index (κ2) is 10.1. The third kappa shape index (κ3) is 5.03. The number of ether oxygens (including phenoxy) is 1. The van der Waals surface area contributed by atoms with Crippen molar-refractivity contribution in [2.24, 2.45) is 5.92 Å². The Kier molecular flexibility index (Phi) is 6.87. The van der Waals surface area contributed by atoms with E-state index in [1.54, 1.807) is 6.92 Å². The van der Waals surface area contributed by atoms with Gasteiger partial charge in [-0.1, -0.05) is 13.0 Å². The van der Waals surface area contributed by atoms with Crippen molar-refractivity contribution in [3.05, 3.63) is 41.3 Å². The molecule has 10 heteroatoms. The van der Waals surface area contributed by atoms with Crippen LogP contribution >= 0.6 is 0 Å². The van der Waals surface area contributed by atoms with Crippen molar-refractivity contribution in [2.75, 3.05) is 19.7 Å². The van der Waals surface area contributed by atoms with E-state index < -0.39 is 30.1 Å². The standard InChI is InChI=1S/C27H33N5O5/c1-4-16-7-8-21(37-12-17-5-6-17)18(9-16)23-25-24(29-13-28-23)22(14(2)30-25)26(35)31-19-10-32(11-20(19)34)27(36)15(3)33/h7-9,13,15,17,19-20,30,33-34H,4-6,10-12H2,1-3H3,(H,31,35). The molecule has 1 saturated carbocycles.